The molecule has 0 spiro atoms. The number of fused-ring (bicyclic) bond motifs is 1. The summed E-state index contributed by atoms with van der Waals surface area (Å²) in [6.45, 7) is 0.00412. The van der Waals surface area contributed by atoms with Gasteiger partial charge in [-0.25, -0.2) is 4.98 Å². The molecule has 3 rings (SSSR count). The summed E-state index contributed by atoms with van der Waals surface area (Å²) in [5, 5.41) is 12.5. The molecule has 0 aliphatic carbocycles. The first kappa shape index (κ1) is 13.2. The third-order valence-corrected chi connectivity index (χ3v) is 3.62. The molecule has 0 amide bonds. The van der Waals surface area contributed by atoms with Crippen molar-refractivity contribution in [2.24, 2.45) is 0 Å². The topological polar surface area (TPSA) is 99.5 Å². The summed E-state index contributed by atoms with van der Waals surface area (Å²) in [7, 11) is 0. The van der Waals surface area contributed by atoms with Crippen molar-refractivity contribution in [2.75, 3.05) is 0 Å². The van der Waals surface area contributed by atoms with Gasteiger partial charge < -0.3 is 4.57 Å². The summed E-state index contributed by atoms with van der Waals surface area (Å²) < 4.78 is 2.55. The molecule has 0 saturated heterocycles. The zero-order valence-corrected chi connectivity index (χ0v) is 11.3. The largest absolute Gasteiger partial charge is 0.303 e. The van der Waals surface area contributed by atoms with E-state index in [-0.39, 0.29) is 17.8 Å². The average molecular weight is 304 g/mol. The second-order valence-corrected chi connectivity index (χ2v) is 5.12. The third-order valence-electron chi connectivity index (χ3n) is 2.87. The Kier molecular flexibility index (Phi) is 3.10. The van der Waals surface area contributed by atoms with E-state index in [0.29, 0.717) is 10.7 Å². The third kappa shape index (κ3) is 2.46. The molecule has 0 bridgehead atoms. The normalized spacial score (nSPS) is 10.9. The van der Waals surface area contributed by atoms with Crippen LogP contribution in [0, 0.1) is 10.1 Å². The Morgan fingerprint density at radius 2 is 2.10 bits per heavy atom. The van der Waals surface area contributed by atoms with Gasteiger partial charge in [-0.3, -0.25) is 24.1 Å². The number of aromatic nitrogens is 3. The van der Waals surface area contributed by atoms with Crippen molar-refractivity contribution in [3.63, 3.8) is 0 Å². The number of hydrogen-bond donors (Lipinski definition) is 0. The maximum Gasteiger partial charge on any atom is 0.285 e. The maximum atomic E-state index is 11.8. The van der Waals surface area contributed by atoms with Crippen LogP contribution in [-0.4, -0.2) is 18.9 Å². The predicted molar refractivity (Wildman–Crippen MR) is 75.8 cm³/mol. The molecule has 9 heteroatoms. The van der Waals surface area contributed by atoms with Gasteiger partial charge in [-0.15, -0.1) is 11.3 Å². The summed E-state index contributed by atoms with van der Waals surface area (Å²) in [5.74, 6) is 0. The van der Waals surface area contributed by atoms with Crippen molar-refractivity contribution >= 4 is 22.0 Å². The van der Waals surface area contributed by atoms with Gasteiger partial charge in [-0.05, 0) is 0 Å². The van der Waals surface area contributed by atoms with Gasteiger partial charge in [0, 0.05) is 29.8 Å². The van der Waals surface area contributed by atoms with E-state index in [0.717, 1.165) is 22.9 Å². The van der Waals surface area contributed by atoms with Crippen LogP contribution in [0.2, 0.25) is 0 Å². The van der Waals surface area contributed by atoms with Crippen molar-refractivity contribution < 1.29 is 4.92 Å². The van der Waals surface area contributed by atoms with Crippen LogP contribution >= 0.6 is 11.3 Å². The molecular weight excluding hydrogens is 296 g/mol. The summed E-state index contributed by atoms with van der Waals surface area (Å²) in [4.78, 5) is 38.5. The smallest absolute Gasteiger partial charge is 0.285 e. The molecule has 3 heterocycles. The van der Waals surface area contributed by atoms with Crippen molar-refractivity contribution in [3.05, 3.63) is 72.5 Å². The summed E-state index contributed by atoms with van der Waals surface area (Å²) >= 11 is 1.29. The van der Waals surface area contributed by atoms with Gasteiger partial charge in [-0.1, -0.05) is 0 Å². The first-order valence-corrected chi connectivity index (χ1v) is 6.73. The highest BCUT2D eigenvalue weighted by molar-refractivity contribution is 7.15. The van der Waals surface area contributed by atoms with Gasteiger partial charge in [0.2, 0.25) is 0 Å². The van der Waals surface area contributed by atoms with Crippen molar-refractivity contribution in [3.8, 4) is 0 Å². The molecule has 21 heavy (non-hydrogen) atoms. The summed E-state index contributed by atoms with van der Waals surface area (Å²) in [5.41, 5.74) is -0.461. The van der Waals surface area contributed by atoms with E-state index in [1.165, 1.54) is 21.8 Å². The van der Waals surface area contributed by atoms with Crippen LogP contribution in [0.5, 0.6) is 0 Å². The Bertz CT molecular complexity index is 956. The number of pyridine rings is 1. The van der Waals surface area contributed by atoms with E-state index < -0.39 is 10.5 Å². The van der Waals surface area contributed by atoms with E-state index >= 15 is 0 Å². The van der Waals surface area contributed by atoms with Crippen molar-refractivity contribution in [2.45, 2.75) is 6.54 Å². The zero-order chi connectivity index (χ0) is 15.0. The molecule has 8 nitrogen and oxygen atoms in total. The fraction of sp³-hybridized carbons (Fsp3) is 0.0833. The Morgan fingerprint density at radius 3 is 2.86 bits per heavy atom. The highest BCUT2D eigenvalue weighted by atomic mass is 32.1. The second kappa shape index (κ2) is 4.94. The molecule has 0 unspecified atom stereocenters. The van der Waals surface area contributed by atoms with E-state index in [2.05, 4.69) is 4.98 Å². The highest BCUT2D eigenvalue weighted by Gasteiger charge is 2.10. The van der Waals surface area contributed by atoms with Gasteiger partial charge in [0.25, 0.3) is 16.8 Å². The molecular formula is C12H8N4O4S. The molecule has 3 aromatic rings. The number of thiazole rings is 1. The lowest BCUT2D eigenvalue weighted by Gasteiger charge is -2.04. The molecule has 3 aromatic heterocycles. The number of hydrogen-bond acceptors (Lipinski definition) is 6. The monoisotopic (exact) mass is 304 g/mol. The maximum absolute atomic E-state index is 11.8. The van der Waals surface area contributed by atoms with Gasteiger partial charge in [-0.2, -0.15) is 0 Å². The predicted octanol–water partition coefficient (Wildman–Crippen LogP) is 0.874. The second-order valence-electron chi connectivity index (χ2n) is 4.25. The van der Waals surface area contributed by atoms with Crippen LogP contribution in [0.1, 0.15) is 5.69 Å². The lowest BCUT2D eigenvalue weighted by Crippen LogP contribution is -2.22. The minimum absolute atomic E-state index is 0.00412. The molecule has 0 radical (unpaired) electrons. The number of nitro groups is 1. The van der Waals surface area contributed by atoms with Gasteiger partial charge in [0.05, 0.1) is 23.4 Å². The Morgan fingerprint density at radius 1 is 1.29 bits per heavy atom. The molecule has 0 aliphatic rings. The highest BCUT2D eigenvalue weighted by Crippen LogP contribution is 2.09. The fourth-order valence-corrected chi connectivity index (χ4v) is 2.63. The first-order chi connectivity index (χ1) is 10.0. The van der Waals surface area contributed by atoms with E-state index in [4.69, 9.17) is 0 Å². The summed E-state index contributed by atoms with van der Waals surface area (Å²) in [6.07, 6.45) is 2.75. The van der Waals surface area contributed by atoms with E-state index in [9.17, 15) is 19.7 Å². The molecule has 106 valence electrons. The van der Waals surface area contributed by atoms with Crippen LogP contribution in [0.15, 0.2) is 45.6 Å². The van der Waals surface area contributed by atoms with Crippen LogP contribution in [-0.2, 0) is 6.54 Å². The average Bonchev–Trinajstić information content (AvgIpc) is 2.90. The summed E-state index contributed by atoms with van der Waals surface area (Å²) in [6, 6.07) is 3.57. The number of nitrogens with zero attached hydrogens (tertiary/aromatic N) is 4. The Balaban J connectivity index is 2.05. The quantitative estimate of drug-likeness (QED) is 0.528. The molecule has 0 atom stereocenters. The van der Waals surface area contributed by atoms with Crippen LogP contribution in [0.3, 0.4) is 0 Å². The van der Waals surface area contributed by atoms with Crippen LogP contribution < -0.4 is 11.1 Å². The Hall–Kier alpha value is -2.81. The minimum Gasteiger partial charge on any atom is -0.303 e. The fourth-order valence-electron chi connectivity index (χ4n) is 1.89. The Labute approximate surface area is 120 Å². The van der Waals surface area contributed by atoms with Crippen LogP contribution in [0.4, 0.5) is 5.69 Å². The SMILES string of the molecule is O=c1ccc([N+](=O)[O-])cn1Cc1cc(=O)n2ccsc2n1. The lowest BCUT2D eigenvalue weighted by atomic mass is 10.3. The molecule has 0 aliphatic heterocycles. The zero-order valence-electron chi connectivity index (χ0n) is 10.5. The van der Waals surface area contributed by atoms with E-state index in [1.807, 2.05) is 0 Å². The minimum atomic E-state index is -0.583. The van der Waals surface area contributed by atoms with Gasteiger partial charge in [0.1, 0.15) is 0 Å². The molecule has 0 fully saturated rings. The standard InChI is InChI=1S/C12H8N4O4S/c17-10-2-1-9(16(19)20)7-14(10)6-8-5-11(18)15-3-4-21-12(15)13-8/h1-5,7H,6H2. The van der Waals surface area contributed by atoms with Crippen LogP contribution in [0.25, 0.3) is 4.96 Å². The van der Waals surface area contributed by atoms with Crippen molar-refractivity contribution in [1.82, 2.24) is 14.0 Å². The van der Waals surface area contributed by atoms with Crippen molar-refractivity contribution in [1.29, 1.82) is 0 Å². The van der Waals surface area contributed by atoms with E-state index in [1.54, 1.807) is 11.6 Å². The molecule has 0 N–H and O–H groups in total. The number of rotatable bonds is 3. The molecule has 0 aromatic carbocycles. The first-order valence-electron chi connectivity index (χ1n) is 5.85. The molecule has 0 saturated carbocycles. The lowest BCUT2D eigenvalue weighted by molar-refractivity contribution is -0.385. The van der Waals surface area contributed by atoms with Gasteiger partial charge in [0.15, 0.2) is 4.96 Å². The van der Waals surface area contributed by atoms with Gasteiger partial charge >= 0.3 is 0 Å².